The SMILES string of the molecule is CC(C)CNC1(C#N)CC(C)N(C)C1. The van der Waals surface area contributed by atoms with E-state index < -0.39 is 0 Å². The minimum absolute atomic E-state index is 0.307. The Balaban J connectivity index is 2.57. The number of hydrogen-bond donors (Lipinski definition) is 1. The Labute approximate surface area is 87.1 Å². The predicted octanol–water partition coefficient (Wildman–Crippen LogP) is 1.22. The van der Waals surface area contributed by atoms with Crippen molar-refractivity contribution in [3.05, 3.63) is 0 Å². The van der Waals surface area contributed by atoms with E-state index in [1.807, 2.05) is 0 Å². The summed E-state index contributed by atoms with van der Waals surface area (Å²) in [6.45, 7) is 8.28. The Morgan fingerprint density at radius 3 is 2.64 bits per heavy atom. The molecule has 1 aliphatic heterocycles. The lowest BCUT2D eigenvalue weighted by atomic mass is 9.97. The van der Waals surface area contributed by atoms with Gasteiger partial charge < -0.3 is 4.90 Å². The van der Waals surface area contributed by atoms with Crippen molar-refractivity contribution in [1.29, 1.82) is 5.26 Å². The van der Waals surface area contributed by atoms with Gasteiger partial charge in [-0.25, -0.2) is 0 Å². The quantitative estimate of drug-likeness (QED) is 0.736. The molecule has 1 rings (SSSR count). The zero-order valence-corrected chi connectivity index (χ0v) is 9.67. The molecule has 0 amide bonds. The molecule has 1 heterocycles. The number of hydrogen-bond acceptors (Lipinski definition) is 3. The van der Waals surface area contributed by atoms with E-state index in [9.17, 15) is 5.26 Å². The summed E-state index contributed by atoms with van der Waals surface area (Å²) in [7, 11) is 2.08. The predicted molar refractivity (Wildman–Crippen MR) is 57.9 cm³/mol. The van der Waals surface area contributed by atoms with Crippen LogP contribution >= 0.6 is 0 Å². The highest BCUT2D eigenvalue weighted by atomic mass is 15.2. The number of nitriles is 1. The van der Waals surface area contributed by atoms with Gasteiger partial charge in [-0.3, -0.25) is 5.32 Å². The van der Waals surface area contributed by atoms with Crippen molar-refractivity contribution in [1.82, 2.24) is 10.2 Å². The van der Waals surface area contributed by atoms with Crippen molar-refractivity contribution in [3.8, 4) is 6.07 Å². The topological polar surface area (TPSA) is 39.1 Å². The minimum atomic E-state index is -0.307. The second-order valence-corrected chi connectivity index (χ2v) is 4.94. The van der Waals surface area contributed by atoms with Gasteiger partial charge >= 0.3 is 0 Å². The largest absolute Gasteiger partial charge is 0.301 e. The van der Waals surface area contributed by atoms with Crippen LogP contribution in [0.25, 0.3) is 0 Å². The van der Waals surface area contributed by atoms with Gasteiger partial charge in [0.15, 0.2) is 0 Å². The van der Waals surface area contributed by atoms with Gasteiger partial charge in [0.25, 0.3) is 0 Å². The normalized spacial score (nSPS) is 33.6. The van der Waals surface area contributed by atoms with Gasteiger partial charge in [-0.1, -0.05) is 13.8 Å². The van der Waals surface area contributed by atoms with Crippen molar-refractivity contribution < 1.29 is 0 Å². The van der Waals surface area contributed by atoms with Crippen molar-refractivity contribution in [2.45, 2.75) is 38.8 Å². The monoisotopic (exact) mass is 195 g/mol. The summed E-state index contributed by atoms with van der Waals surface area (Å²) in [6, 6.07) is 2.95. The number of rotatable bonds is 3. The van der Waals surface area contributed by atoms with Crippen LogP contribution in [0.1, 0.15) is 27.2 Å². The first-order chi connectivity index (χ1) is 6.49. The molecule has 0 saturated carbocycles. The second kappa shape index (κ2) is 4.29. The zero-order chi connectivity index (χ0) is 10.8. The van der Waals surface area contributed by atoms with Gasteiger partial charge in [0, 0.05) is 12.6 Å². The summed E-state index contributed by atoms with van der Waals surface area (Å²) in [5.41, 5.74) is -0.307. The van der Waals surface area contributed by atoms with Gasteiger partial charge in [0.05, 0.1) is 6.07 Å². The molecule has 0 radical (unpaired) electrons. The zero-order valence-electron chi connectivity index (χ0n) is 9.67. The van der Waals surface area contributed by atoms with Crippen molar-refractivity contribution in [2.75, 3.05) is 20.1 Å². The Hall–Kier alpha value is -0.590. The standard InChI is InChI=1S/C11H21N3/c1-9(2)6-13-11(7-12)5-10(3)14(4)8-11/h9-10,13H,5-6,8H2,1-4H3. The molecule has 0 aromatic heterocycles. The summed E-state index contributed by atoms with van der Waals surface area (Å²) in [6.07, 6.45) is 0.937. The molecule has 1 saturated heterocycles. The van der Waals surface area contributed by atoms with Crippen LogP contribution in [0, 0.1) is 17.2 Å². The average Bonchev–Trinajstić information content (AvgIpc) is 2.41. The third-order valence-electron chi connectivity index (χ3n) is 2.98. The van der Waals surface area contributed by atoms with Crippen LogP contribution in [0.4, 0.5) is 0 Å². The van der Waals surface area contributed by atoms with E-state index in [2.05, 4.69) is 44.1 Å². The fourth-order valence-electron chi connectivity index (χ4n) is 1.95. The average molecular weight is 195 g/mol. The van der Waals surface area contributed by atoms with Crippen LogP contribution in [-0.2, 0) is 0 Å². The molecule has 1 fully saturated rings. The molecule has 0 aliphatic carbocycles. The van der Waals surface area contributed by atoms with Crippen LogP contribution in [0.15, 0.2) is 0 Å². The molecule has 0 spiro atoms. The molecule has 0 aromatic rings. The van der Waals surface area contributed by atoms with E-state index in [4.69, 9.17) is 0 Å². The lowest BCUT2D eigenvalue weighted by Crippen LogP contribution is -2.47. The number of nitrogens with zero attached hydrogens (tertiary/aromatic N) is 2. The molecule has 3 heteroatoms. The Morgan fingerprint density at radius 2 is 2.29 bits per heavy atom. The van der Waals surface area contributed by atoms with Gasteiger partial charge in [0.1, 0.15) is 5.54 Å². The van der Waals surface area contributed by atoms with Gasteiger partial charge in [0.2, 0.25) is 0 Å². The molecule has 0 aromatic carbocycles. The maximum Gasteiger partial charge on any atom is 0.121 e. The van der Waals surface area contributed by atoms with E-state index in [1.54, 1.807) is 0 Å². The molecular formula is C11H21N3. The highest BCUT2D eigenvalue weighted by Crippen LogP contribution is 2.25. The van der Waals surface area contributed by atoms with Crippen LogP contribution < -0.4 is 5.32 Å². The van der Waals surface area contributed by atoms with Gasteiger partial charge in [-0.15, -0.1) is 0 Å². The van der Waals surface area contributed by atoms with Crippen molar-refractivity contribution in [3.63, 3.8) is 0 Å². The van der Waals surface area contributed by atoms with E-state index in [0.29, 0.717) is 12.0 Å². The lowest BCUT2D eigenvalue weighted by molar-refractivity contribution is 0.316. The number of likely N-dealkylation sites (tertiary alicyclic amines) is 1. The Bertz CT molecular complexity index is 219. The summed E-state index contributed by atoms with van der Waals surface area (Å²) < 4.78 is 0. The van der Waals surface area contributed by atoms with Crippen LogP contribution in [0.5, 0.6) is 0 Å². The van der Waals surface area contributed by atoms with E-state index >= 15 is 0 Å². The molecule has 3 nitrogen and oxygen atoms in total. The van der Waals surface area contributed by atoms with Gasteiger partial charge in [-0.2, -0.15) is 5.26 Å². The molecule has 0 bridgehead atoms. The van der Waals surface area contributed by atoms with E-state index in [-0.39, 0.29) is 5.54 Å². The summed E-state index contributed by atoms with van der Waals surface area (Å²) >= 11 is 0. The molecule has 2 unspecified atom stereocenters. The summed E-state index contributed by atoms with van der Waals surface area (Å²) in [4.78, 5) is 2.25. The Kier molecular flexibility index (Phi) is 3.52. The first-order valence-corrected chi connectivity index (χ1v) is 5.35. The first-order valence-electron chi connectivity index (χ1n) is 5.35. The molecule has 14 heavy (non-hydrogen) atoms. The summed E-state index contributed by atoms with van der Waals surface area (Å²) in [5.74, 6) is 0.599. The van der Waals surface area contributed by atoms with Crippen molar-refractivity contribution in [2.24, 2.45) is 5.92 Å². The number of nitrogens with one attached hydrogen (secondary N) is 1. The molecule has 80 valence electrons. The highest BCUT2D eigenvalue weighted by molar-refractivity contribution is 5.14. The van der Waals surface area contributed by atoms with Crippen molar-refractivity contribution >= 4 is 0 Å². The second-order valence-electron chi connectivity index (χ2n) is 4.94. The first kappa shape index (κ1) is 11.5. The maximum absolute atomic E-state index is 9.23. The number of likely N-dealkylation sites (N-methyl/N-ethyl adjacent to an activating group) is 1. The molecule has 1 aliphatic rings. The fraction of sp³-hybridized carbons (Fsp3) is 0.909. The van der Waals surface area contributed by atoms with Crippen LogP contribution in [0.2, 0.25) is 0 Å². The lowest BCUT2D eigenvalue weighted by Gasteiger charge is -2.23. The third kappa shape index (κ3) is 2.46. The summed E-state index contributed by atoms with van der Waals surface area (Å²) in [5, 5.41) is 12.6. The molecular weight excluding hydrogens is 174 g/mol. The molecule has 1 N–H and O–H groups in total. The third-order valence-corrected chi connectivity index (χ3v) is 2.98. The van der Waals surface area contributed by atoms with E-state index in [1.165, 1.54) is 0 Å². The molecule has 2 atom stereocenters. The van der Waals surface area contributed by atoms with Crippen LogP contribution in [0.3, 0.4) is 0 Å². The fourth-order valence-corrected chi connectivity index (χ4v) is 1.95. The smallest absolute Gasteiger partial charge is 0.121 e. The van der Waals surface area contributed by atoms with Crippen LogP contribution in [-0.4, -0.2) is 36.6 Å². The van der Waals surface area contributed by atoms with Gasteiger partial charge in [-0.05, 0) is 32.9 Å². The Morgan fingerprint density at radius 1 is 1.64 bits per heavy atom. The minimum Gasteiger partial charge on any atom is -0.301 e. The highest BCUT2D eigenvalue weighted by Gasteiger charge is 2.40. The maximum atomic E-state index is 9.23. The van der Waals surface area contributed by atoms with E-state index in [0.717, 1.165) is 19.5 Å².